The van der Waals surface area contributed by atoms with Gasteiger partial charge in [0, 0.05) is 5.88 Å². The maximum Gasteiger partial charge on any atom is 0.107 e. The fourth-order valence-electron chi connectivity index (χ4n) is 0.396. The second kappa shape index (κ2) is 5.60. The Balaban J connectivity index is 3.06. The predicted molar refractivity (Wildman–Crippen MR) is 41.5 cm³/mol. The monoisotopic (exact) mass is 190 g/mol. The number of aliphatic hydroxyl groups is 1. The molecule has 0 aromatic heterocycles. The second-order valence-corrected chi connectivity index (χ2v) is 3.36. The summed E-state index contributed by atoms with van der Waals surface area (Å²) in [5, 5.41) is 8.86. The molecule has 9 heavy (non-hydrogen) atoms. The molecule has 4 heteroatoms. The van der Waals surface area contributed by atoms with Crippen LogP contribution in [0.2, 0.25) is 0 Å². The van der Waals surface area contributed by atoms with Gasteiger partial charge in [-0.15, -0.1) is 34.8 Å². The van der Waals surface area contributed by atoms with Gasteiger partial charge < -0.3 is 5.11 Å². The van der Waals surface area contributed by atoms with Gasteiger partial charge >= 0.3 is 0 Å². The molecule has 0 spiro atoms. The van der Waals surface area contributed by atoms with Crippen molar-refractivity contribution < 1.29 is 5.11 Å². The van der Waals surface area contributed by atoms with E-state index in [9.17, 15) is 0 Å². The highest BCUT2D eigenvalue weighted by Gasteiger charge is 2.04. The van der Waals surface area contributed by atoms with E-state index < -0.39 is 6.10 Å². The molecule has 0 radical (unpaired) electrons. The summed E-state index contributed by atoms with van der Waals surface area (Å²) < 4.78 is 0. The number of aliphatic hydroxyl groups excluding tert-OH is 1. The van der Waals surface area contributed by atoms with Crippen molar-refractivity contribution >= 4 is 34.8 Å². The summed E-state index contributed by atoms with van der Waals surface area (Å²) in [4.78, 5) is -0.386. The van der Waals surface area contributed by atoms with E-state index in [4.69, 9.17) is 39.9 Å². The van der Waals surface area contributed by atoms with Gasteiger partial charge in [-0.1, -0.05) is 0 Å². The second-order valence-electron chi connectivity index (χ2n) is 1.78. The normalized spacial score (nSPS) is 14.3. The van der Waals surface area contributed by atoms with E-state index >= 15 is 0 Å². The van der Waals surface area contributed by atoms with Gasteiger partial charge in [-0.05, 0) is 12.8 Å². The van der Waals surface area contributed by atoms with Crippen molar-refractivity contribution in [2.24, 2.45) is 0 Å². The molecule has 0 saturated heterocycles. The Kier molecular flexibility index (Phi) is 6.12. The molecular weight excluding hydrogens is 182 g/mol. The van der Waals surface area contributed by atoms with Crippen molar-refractivity contribution in [3.8, 4) is 0 Å². The zero-order valence-electron chi connectivity index (χ0n) is 4.86. The third kappa shape index (κ3) is 6.72. The molecule has 0 aromatic carbocycles. The number of hydrogen-bond acceptors (Lipinski definition) is 1. The molecule has 1 N–H and O–H groups in total. The topological polar surface area (TPSA) is 20.2 Å². The largest absolute Gasteiger partial charge is 0.392 e. The lowest BCUT2D eigenvalue weighted by atomic mass is 10.2. The van der Waals surface area contributed by atoms with Gasteiger partial charge in [-0.25, -0.2) is 0 Å². The average molecular weight is 191 g/mol. The molecule has 0 bridgehead atoms. The van der Waals surface area contributed by atoms with E-state index in [1.54, 1.807) is 0 Å². The minimum atomic E-state index is -0.466. The summed E-state index contributed by atoms with van der Waals surface area (Å²) in [6.07, 6.45) is 0.699. The third-order valence-electron chi connectivity index (χ3n) is 0.896. The Bertz CT molecular complexity index is 67.2. The van der Waals surface area contributed by atoms with Crippen LogP contribution in [0.25, 0.3) is 0 Å². The third-order valence-corrected chi connectivity index (χ3v) is 1.69. The van der Waals surface area contributed by atoms with Crippen LogP contribution < -0.4 is 0 Å². The van der Waals surface area contributed by atoms with Crippen LogP contribution in [0.5, 0.6) is 0 Å². The fraction of sp³-hybridized carbons (Fsp3) is 1.00. The van der Waals surface area contributed by atoms with E-state index in [0.29, 0.717) is 12.8 Å². The van der Waals surface area contributed by atoms with Crippen LogP contribution in [0, 0.1) is 0 Å². The Morgan fingerprint density at radius 1 is 1.22 bits per heavy atom. The Hall–Kier alpha value is 0.830. The molecule has 0 rings (SSSR count). The summed E-state index contributed by atoms with van der Waals surface area (Å²) in [6, 6.07) is 0. The van der Waals surface area contributed by atoms with E-state index in [2.05, 4.69) is 0 Å². The Labute approximate surface area is 69.9 Å². The lowest BCUT2D eigenvalue weighted by molar-refractivity contribution is 0.186. The first-order valence-electron chi connectivity index (χ1n) is 2.69. The van der Waals surface area contributed by atoms with Crippen LogP contribution in [0.4, 0.5) is 0 Å². The van der Waals surface area contributed by atoms with E-state index in [1.807, 2.05) is 0 Å². The van der Waals surface area contributed by atoms with Crippen molar-refractivity contribution in [3.63, 3.8) is 0 Å². The molecular formula is C5H9Cl3O. The quantitative estimate of drug-likeness (QED) is 0.675. The van der Waals surface area contributed by atoms with Crippen molar-refractivity contribution in [2.45, 2.75) is 23.8 Å². The summed E-state index contributed by atoms with van der Waals surface area (Å²) in [5.74, 6) is 0.250. The maximum atomic E-state index is 8.86. The molecule has 0 saturated carbocycles. The molecule has 1 atom stereocenters. The first-order valence-corrected chi connectivity index (χ1v) is 4.09. The molecule has 0 aliphatic heterocycles. The lowest BCUT2D eigenvalue weighted by Gasteiger charge is -2.05. The molecule has 0 amide bonds. The molecule has 56 valence electrons. The lowest BCUT2D eigenvalue weighted by Crippen LogP contribution is -2.08. The van der Waals surface area contributed by atoms with Gasteiger partial charge in [0.05, 0.1) is 6.10 Å². The summed E-state index contributed by atoms with van der Waals surface area (Å²) in [5.41, 5.74) is 0. The van der Waals surface area contributed by atoms with Crippen LogP contribution in [0.1, 0.15) is 12.8 Å². The van der Waals surface area contributed by atoms with Gasteiger partial charge in [0.1, 0.15) is 4.84 Å². The molecule has 0 aromatic rings. The minimum Gasteiger partial charge on any atom is -0.392 e. The van der Waals surface area contributed by atoms with Crippen molar-refractivity contribution in [1.82, 2.24) is 0 Å². The predicted octanol–water partition coefficient (Wildman–Crippen LogP) is 2.17. The molecule has 0 aliphatic rings. The van der Waals surface area contributed by atoms with Crippen molar-refractivity contribution in [3.05, 3.63) is 0 Å². The molecule has 0 heterocycles. The van der Waals surface area contributed by atoms with Crippen LogP contribution >= 0.6 is 34.8 Å². The van der Waals surface area contributed by atoms with Gasteiger partial charge in [-0.3, -0.25) is 0 Å². The number of alkyl halides is 3. The number of hydrogen-bond donors (Lipinski definition) is 1. The highest BCUT2D eigenvalue weighted by molar-refractivity contribution is 6.44. The first-order chi connectivity index (χ1) is 4.16. The number of rotatable bonds is 4. The van der Waals surface area contributed by atoms with Crippen molar-refractivity contribution in [2.75, 3.05) is 5.88 Å². The van der Waals surface area contributed by atoms with Gasteiger partial charge in [0.25, 0.3) is 0 Å². The highest BCUT2D eigenvalue weighted by Crippen LogP contribution is 2.11. The van der Waals surface area contributed by atoms with Crippen LogP contribution in [0.3, 0.4) is 0 Å². The SMILES string of the molecule is OC(CCl)CCC(Cl)Cl. The van der Waals surface area contributed by atoms with Crippen LogP contribution in [-0.2, 0) is 0 Å². The highest BCUT2D eigenvalue weighted by atomic mass is 35.5. The fourth-order valence-corrected chi connectivity index (χ4v) is 0.802. The summed E-state index contributed by atoms with van der Waals surface area (Å²) in [7, 11) is 0. The summed E-state index contributed by atoms with van der Waals surface area (Å²) in [6.45, 7) is 0. The zero-order chi connectivity index (χ0) is 7.28. The average Bonchev–Trinajstić information content (AvgIpc) is 1.83. The van der Waals surface area contributed by atoms with Crippen molar-refractivity contribution in [1.29, 1.82) is 0 Å². The molecule has 0 aliphatic carbocycles. The standard InChI is InChI=1S/C5H9Cl3O/c6-3-4(9)1-2-5(7)8/h4-5,9H,1-3H2. The smallest absolute Gasteiger partial charge is 0.107 e. The Morgan fingerprint density at radius 3 is 2.11 bits per heavy atom. The minimum absolute atomic E-state index is 0.250. The first kappa shape index (κ1) is 9.83. The van der Waals surface area contributed by atoms with Crippen LogP contribution in [-0.4, -0.2) is 21.9 Å². The van der Waals surface area contributed by atoms with E-state index in [1.165, 1.54) is 0 Å². The zero-order valence-corrected chi connectivity index (χ0v) is 7.12. The maximum absolute atomic E-state index is 8.86. The van der Waals surface area contributed by atoms with Gasteiger partial charge in [0.15, 0.2) is 0 Å². The molecule has 1 nitrogen and oxygen atoms in total. The van der Waals surface area contributed by atoms with E-state index in [0.717, 1.165) is 0 Å². The van der Waals surface area contributed by atoms with Crippen LogP contribution in [0.15, 0.2) is 0 Å². The molecule has 0 fully saturated rings. The Morgan fingerprint density at radius 2 is 1.78 bits per heavy atom. The van der Waals surface area contributed by atoms with E-state index in [-0.39, 0.29) is 10.7 Å². The molecule has 1 unspecified atom stereocenters. The van der Waals surface area contributed by atoms with Gasteiger partial charge in [0.2, 0.25) is 0 Å². The van der Waals surface area contributed by atoms with Gasteiger partial charge in [-0.2, -0.15) is 0 Å². The number of halogens is 3. The summed E-state index contributed by atoms with van der Waals surface area (Å²) >= 11 is 16.1.